The van der Waals surface area contributed by atoms with Gasteiger partial charge in [0.2, 0.25) is 0 Å². The monoisotopic (exact) mass is 307 g/mol. The summed E-state index contributed by atoms with van der Waals surface area (Å²) in [5.41, 5.74) is 7.49. The summed E-state index contributed by atoms with van der Waals surface area (Å²) in [6.45, 7) is 4.47. The third kappa shape index (κ3) is 1.16. The van der Waals surface area contributed by atoms with E-state index >= 15 is 0 Å². The van der Waals surface area contributed by atoms with Gasteiger partial charge in [-0.15, -0.1) is 0 Å². The standard InChI is InChI=1S/C10H16IN2O/c1-6(2)10(11-3)8(12)4-7-5-13-14-9(7)10/h5-6,8H,4,12H2,1-3H3/q-1/t8-,10?/m1/s1. The zero-order chi connectivity index (χ0) is 10.3. The summed E-state index contributed by atoms with van der Waals surface area (Å²) in [6.07, 6.45) is 2.77. The molecule has 1 aromatic rings. The second-order valence-corrected chi connectivity index (χ2v) is 6.97. The van der Waals surface area contributed by atoms with E-state index in [1.165, 1.54) is 5.56 Å². The van der Waals surface area contributed by atoms with Gasteiger partial charge in [-0.05, 0) is 0 Å². The molecule has 0 fully saturated rings. The SMILES string of the molecule is C[I-]C1(C(C)C)c2oncc2C[C@H]1N. The van der Waals surface area contributed by atoms with Crippen LogP contribution in [0.3, 0.4) is 0 Å². The zero-order valence-electron chi connectivity index (χ0n) is 8.75. The molecule has 0 radical (unpaired) electrons. The molecule has 1 unspecified atom stereocenters. The van der Waals surface area contributed by atoms with Crippen molar-refractivity contribution >= 4 is 0 Å². The first-order valence-electron chi connectivity index (χ1n) is 4.83. The quantitative estimate of drug-likeness (QED) is 0.514. The summed E-state index contributed by atoms with van der Waals surface area (Å²) < 4.78 is 5.53. The topological polar surface area (TPSA) is 52.0 Å². The summed E-state index contributed by atoms with van der Waals surface area (Å²) in [6, 6.07) is 0.233. The molecule has 0 amide bonds. The van der Waals surface area contributed by atoms with Gasteiger partial charge < -0.3 is 0 Å². The van der Waals surface area contributed by atoms with Crippen LogP contribution in [0.5, 0.6) is 0 Å². The molecule has 0 bridgehead atoms. The van der Waals surface area contributed by atoms with E-state index in [4.69, 9.17) is 10.3 Å². The Balaban J connectivity index is 2.52. The molecule has 0 aliphatic heterocycles. The van der Waals surface area contributed by atoms with Crippen LogP contribution < -0.4 is 26.9 Å². The minimum absolute atomic E-state index is 0.0150. The van der Waals surface area contributed by atoms with Gasteiger partial charge in [-0.1, -0.05) is 0 Å². The third-order valence-corrected chi connectivity index (χ3v) is 7.45. The summed E-state index contributed by atoms with van der Waals surface area (Å²) in [5, 5.41) is 3.89. The van der Waals surface area contributed by atoms with Crippen molar-refractivity contribution in [2.75, 3.05) is 4.93 Å². The Bertz CT molecular complexity index is 337. The molecule has 1 aromatic heterocycles. The summed E-state index contributed by atoms with van der Waals surface area (Å²) in [4.78, 5) is 2.29. The van der Waals surface area contributed by atoms with Crippen LogP contribution in [0, 0.1) is 5.92 Å². The molecule has 1 aliphatic carbocycles. The number of alkyl halides is 2. The van der Waals surface area contributed by atoms with Gasteiger partial charge in [0.1, 0.15) is 0 Å². The molecule has 80 valence electrons. The number of rotatable bonds is 2. The molecular weight excluding hydrogens is 291 g/mol. The Morgan fingerprint density at radius 1 is 1.71 bits per heavy atom. The number of nitrogens with two attached hydrogens (primary N) is 1. The maximum atomic E-state index is 6.26. The molecule has 1 aliphatic rings. The van der Waals surface area contributed by atoms with Crippen LogP contribution in [0.25, 0.3) is 0 Å². The molecular formula is C10H16IN2O-. The average Bonchev–Trinajstić information content (AvgIpc) is 2.63. The fourth-order valence-electron chi connectivity index (χ4n) is 2.41. The van der Waals surface area contributed by atoms with Crippen molar-refractivity contribution in [3.8, 4) is 0 Å². The Morgan fingerprint density at radius 2 is 2.43 bits per heavy atom. The van der Waals surface area contributed by atoms with Gasteiger partial charge in [0.05, 0.1) is 0 Å². The molecule has 0 saturated heterocycles. The van der Waals surface area contributed by atoms with Gasteiger partial charge in [-0.25, -0.2) is 0 Å². The van der Waals surface area contributed by atoms with E-state index in [9.17, 15) is 0 Å². The van der Waals surface area contributed by atoms with Crippen molar-refractivity contribution in [2.45, 2.75) is 29.7 Å². The molecule has 0 saturated carbocycles. The molecule has 0 aromatic carbocycles. The number of halogens is 1. The van der Waals surface area contributed by atoms with Crippen LogP contribution in [0.4, 0.5) is 0 Å². The summed E-state index contributed by atoms with van der Waals surface area (Å²) in [5.74, 6) is 1.62. The Kier molecular flexibility index (Phi) is 2.59. The van der Waals surface area contributed by atoms with Gasteiger partial charge >= 0.3 is 94.7 Å². The first-order chi connectivity index (χ1) is 6.63. The summed E-state index contributed by atoms with van der Waals surface area (Å²) >= 11 is 0.0150. The van der Waals surface area contributed by atoms with E-state index in [1.807, 2.05) is 6.20 Å². The molecule has 1 heterocycles. The number of nitrogens with zero attached hydrogens (tertiary/aromatic N) is 1. The van der Waals surface area contributed by atoms with Crippen molar-refractivity contribution in [3.63, 3.8) is 0 Å². The molecule has 2 atom stereocenters. The zero-order valence-corrected chi connectivity index (χ0v) is 10.9. The molecule has 3 nitrogen and oxygen atoms in total. The minimum atomic E-state index is 0.0150. The first kappa shape index (κ1) is 10.4. The van der Waals surface area contributed by atoms with Gasteiger partial charge in [-0.2, -0.15) is 0 Å². The number of hydrogen-bond donors (Lipinski definition) is 1. The van der Waals surface area contributed by atoms with Crippen LogP contribution in [-0.4, -0.2) is 16.1 Å². The molecule has 2 rings (SSSR count). The number of hydrogen-bond acceptors (Lipinski definition) is 3. The Hall–Kier alpha value is -0.100. The molecule has 2 N–H and O–H groups in total. The molecule has 4 heteroatoms. The van der Waals surface area contributed by atoms with Crippen LogP contribution >= 0.6 is 0 Å². The first-order valence-corrected chi connectivity index (χ1v) is 8.06. The van der Waals surface area contributed by atoms with Gasteiger partial charge in [0.15, 0.2) is 0 Å². The van der Waals surface area contributed by atoms with Crippen molar-refractivity contribution in [1.29, 1.82) is 0 Å². The molecule has 0 spiro atoms. The van der Waals surface area contributed by atoms with Gasteiger partial charge in [0.25, 0.3) is 0 Å². The number of fused-ring (bicyclic) bond motifs is 1. The van der Waals surface area contributed by atoms with E-state index < -0.39 is 0 Å². The number of aromatic nitrogens is 1. The van der Waals surface area contributed by atoms with Gasteiger partial charge in [-0.3, -0.25) is 0 Å². The Morgan fingerprint density at radius 3 is 3.00 bits per heavy atom. The second kappa shape index (κ2) is 3.48. The predicted octanol–water partition coefficient (Wildman–Crippen LogP) is -1.87. The van der Waals surface area contributed by atoms with Gasteiger partial charge in [0, 0.05) is 0 Å². The summed E-state index contributed by atoms with van der Waals surface area (Å²) in [7, 11) is 0. The van der Waals surface area contributed by atoms with E-state index in [0.29, 0.717) is 5.92 Å². The van der Waals surface area contributed by atoms with Crippen LogP contribution in [0.2, 0.25) is 0 Å². The van der Waals surface area contributed by atoms with Crippen molar-refractivity contribution in [2.24, 2.45) is 11.7 Å². The average molecular weight is 307 g/mol. The van der Waals surface area contributed by atoms with Crippen molar-refractivity contribution < 1.29 is 25.7 Å². The predicted molar refractivity (Wildman–Crippen MR) is 50.6 cm³/mol. The van der Waals surface area contributed by atoms with E-state index in [0.717, 1.165) is 12.2 Å². The van der Waals surface area contributed by atoms with Crippen molar-refractivity contribution in [3.05, 3.63) is 17.5 Å². The normalized spacial score (nSPS) is 31.4. The van der Waals surface area contributed by atoms with E-state index in [1.54, 1.807) is 0 Å². The Labute approximate surface area is 94.7 Å². The fourth-order valence-corrected chi connectivity index (χ4v) is 5.61. The van der Waals surface area contributed by atoms with E-state index in [2.05, 4.69) is 23.9 Å². The van der Waals surface area contributed by atoms with Crippen LogP contribution in [-0.2, 0) is 9.84 Å². The van der Waals surface area contributed by atoms with Crippen LogP contribution in [0.15, 0.2) is 10.7 Å². The fraction of sp³-hybridized carbons (Fsp3) is 0.700. The second-order valence-electron chi connectivity index (χ2n) is 4.10. The third-order valence-electron chi connectivity index (χ3n) is 3.12. The maximum absolute atomic E-state index is 6.26. The van der Waals surface area contributed by atoms with E-state index in [-0.39, 0.29) is 30.7 Å². The molecule has 14 heavy (non-hydrogen) atoms. The van der Waals surface area contributed by atoms with Crippen LogP contribution in [0.1, 0.15) is 25.2 Å². The van der Waals surface area contributed by atoms with Crippen molar-refractivity contribution in [1.82, 2.24) is 5.16 Å².